The summed E-state index contributed by atoms with van der Waals surface area (Å²) < 4.78 is 12.1. The number of hydrogen-bond donors (Lipinski definition) is 1. The second kappa shape index (κ2) is 5.83. The molecule has 1 saturated heterocycles. The van der Waals surface area contributed by atoms with Gasteiger partial charge < -0.3 is 19.5 Å². The highest BCUT2D eigenvalue weighted by Crippen LogP contribution is 2.45. The number of likely N-dealkylation sites (tertiary alicyclic amines) is 1. The number of amides is 1. The third-order valence-corrected chi connectivity index (χ3v) is 4.93. The molecule has 2 aliphatic heterocycles. The highest BCUT2D eigenvalue weighted by Gasteiger charge is 2.50. The summed E-state index contributed by atoms with van der Waals surface area (Å²) in [6.45, 7) is 2.73. The van der Waals surface area contributed by atoms with E-state index in [1.165, 1.54) is 0 Å². The molecule has 3 unspecified atom stereocenters. The number of halogens is 1. The molecule has 1 aromatic rings. The van der Waals surface area contributed by atoms with Crippen molar-refractivity contribution in [2.75, 3.05) is 20.3 Å². The van der Waals surface area contributed by atoms with Crippen molar-refractivity contribution >= 4 is 21.8 Å². The number of aliphatic hydroxyl groups excluding tert-OH is 1. The van der Waals surface area contributed by atoms with Crippen molar-refractivity contribution in [3.05, 3.63) is 28.2 Å². The highest BCUT2D eigenvalue weighted by atomic mass is 79.9. The first-order valence-electron chi connectivity index (χ1n) is 7.41. The molecular formula is C16H20BrNO4. The van der Waals surface area contributed by atoms with Crippen LogP contribution in [0.25, 0.3) is 0 Å². The Hall–Kier alpha value is -1.11. The summed E-state index contributed by atoms with van der Waals surface area (Å²) in [5.41, 5.74) is -0.0472. The van der Waals surface area contributed by atoms with Crippen molar-refractivity contribution in [1.82, 2.24) is 4.90 Å². The molecule has 5 nitrogen and oxygen atoms in total. The molecule has 2 aliphatic rings. The van der Waals surface area contributed by atoms with Gasteiger partial charge in [-0.25, -0.2) is 0 Å². The Bertz CT molecular complexity index is 594. The van der Waals surface area contributed by atoms with E-state index in [1.807, 2.05) is 25.1 Å². The Kier molecular flexibility index (Phi) is 4.18. The predicted molar refractivity (Wildman–Crippen MR) is 84.7 cm³/mol. The van der Waals surface area contributed by atoms with Gasteiger partial charge in [-0.1, -0.05) is 15.9 Å². The molecule has 1 aromatic carbocycles. The Morgan fingerprint density at radius 1 is 1.55 bits per heavy atom. The standard InChI is InChI=1S/C16H20BrNO4/c1-16(9-21-2)15(20)14(18-7-3-4-13(18)19)11-8-10(17)5-6-12(11)22-16/h5-6,8,14-15,20H,3-4,7,9H2,1-2H3. The van der Waals surface area contributed by atoms with Crippen LogP contribution in [0.4, 0.5) is 0 Å². The third-order valence-electron chi connectivity index (χ3n) is 4.44. The minimum absolute atomic E-state index is 0.0802. The Morgan fingerprint density at radius 3 is 2.95 bits per heavy atom. The van der Waals surface area contributed by atoms with Crippen molar-refractivity contribution in [3.8, 4) is 5.75 Å². The minimum Gasteiger partial charge on any atom is -0.482 e. The number of hydrogen-bond acceptors (Lipinski definition) is 4. The van der Waals surface area contributed by atoms with E-state index in [-0.39, 0.29) is 12.5 Å². The molecule has 0 bridgehead atoms. The van der Waals surface area contributed by atoms with Crippen molar-refractivity contribution < 1.29 is 19.4 Å². The maximum atomic E-state index is 12.2. The summed E-state index contributed by atoms with van der Waals surface area (Å²) in [4.78, 5) is 14.0. The number of carbonyl (C=O) groups excluding carboxylic acids is 1. The molecule has 2 heterocycles. The van der Waals surface area contributed by atoms with Crippen LogP contribution in [-0.2, 0) is 9.53 Å². The topological polar surface area (TPSA) is 59.0 Å². The zero-order valence-corrected chi connectivity index (χ0v) is 14.3. The van der Waals surface area contributed by atoms with Gasteiger partial charge in [-0.15, -0.1) is 0 Å². The van der Waals surface area contributed by atoms with Crippen LogP contribution in [0.3, 0.4) is 0 Å². The van der Waals surface area contributed by atoms with Crippen LogP contribution >= 0.6 is 15.9 Å². The average molecular weight is 370 g/mol. The number of carbonyl (C=O) groups is 1. The number of ether oxygens (including phenoxy) is 2. The second-order valence-corrected chi connectivity index (χ2v) is 7.03. The molecule has 0 spiro atoms. The number of benzene rings is 1. The first-order valence-corrected chi connectivity index (χ1v) is 8.20. The van der Waals surface area contributed by atoms with Crippen molar-refractivity contribution in [2.45, 2.75) is 37.5 Å². The largest absolute Gasteiger partial charge is 0.482 e. The quantitative estimate of drug-likeness (QED) is 0.887. The predicted octanol–water partition coefficient (Wildman–Crippen LogP) is 2.27. The van der Waals surface area contributed by atoms with Gasteiger partial charge in [-0.2, -0.15) is 0 Å². The third kappa shape index (κ3) is 2.53. The molecule has 3 atom stereocenters. The molecule has 3 rings (SSSR count). The van der Waals surface area contributed by atoms with E-state index in [0.717, 1.165) is 16.5 Å². The van der Waals surface area contributed by atoms with Crippen LogP contribution in [0.15, 0.2) is 22.7 Å². The summed E-state index contributed by atoms with van der Waals surface area (Å²) >= 11 is 3.46. The molecule has 0 aliphatic carbocycles. The van der Waals surface area contributed by atoms with Crippen LogP contribution < -0.4 is 4.74 Å². The van der Waals surface area contributed by atoms with Crippen molar-refractivity contribution in [1.29, 1.82) is 0 Å². The number of rotatable bonds is 3. The van der Waals surface area contributed by atoms with Crippen molar-refractivity contribution in [3.63, 3.8) is 0 Å². The summed E-state index contributed by atoms with van der Waals surface area (Å²) in [5.74, 6) is 0.773. The molecule has 1 N–H and O–H groups in total. The van der Waals surface area contributed by atoms with E-state index in [0.29, 0.717) is 18.7 Å². The van der Waals surface area contributed by atoms with E-state index in [9.17, 15) is 9.90 Å². The van der Waals surface area contributed by atoms with Gasteiger partial charge in [0, 0.05) is 30.1 Å². The normalized spacial score (nSPS) is 31.1. The fourth-order valence-corrected chi connectivity index (χ4v) is 3.74. The van der Waals surface area contributed by atoms with Gasteiger partial charge in [0.15, 0.2) is 5.60 Å². The first kappa shape index (κ1) is 15.8. The molecule has 0 aromatic heterocycles. The van der Waals surface area contributed by atoms with Gasteiger partial charge in [0.1, 0.15) is 11.9 Å². The van der Waals surface area contributed by atoms with Crippen molar-refractivity contribution in [2.24, 2.45) is 0 Å². The van der Waals surface area contributed by atoms with E-state index in [2.05, 4.69) is 15.9 Å². The summed E-state index contributed by atoms with van der Waals surface area (Å²) in [7, 11) is 1.58. The van der Waals surface area contributed by atoms with Gasteiger partial charge in [-0.3, -0.25) is 4.79 Å². The fraction of sp³-hybridized carbons (Fsp3) is 0.562. The SMILES string of the molecule is COCC1(C)Oc2ccc(Br)cc2C(N2CCCC2=O)C1O. The Morgan fingerprint density at radius 2 is 2.32 bits per heavy atom. The molecule has 0 saturated carbocycles. The summed E-state index contributed by atoms with van der Waals surface area (Å²) in [5, 5.41) is 10.9. The Balaban J connectivity index is 2.08. The van der Waals surface area contributed by atoms with Crippen LogP contribution in [-0.4, -0.2) is 47.9 Å². The zero-order valence-electron chi connectivity index (χ0n) is 12.7. The lowest BCUT2D eigenvalue weighted by atomic mass is 9.85. The molecular weight excluding hydrogens is 350 g/mol. The maximum Gasteiger partial charge on any atom is 0.223 e. The average Bonchev–Trinajstić information content (AvgIpc) is 2.88. The lowest BCUT2D eigenvalue weighted by Crippen LogP contribution is -2.57. The second-order valence-electron chi connectivity index (χ2n) is 6.11. The summed E-state index contributed by atoms with van der Waals surface area (Å²) in [6.07, 6.45) is 0.512. The fourth-order valence-electron chi connectivity index (χ4n) is 3.36. The van der Waals surface area contributed by atoms with E-state index >= 15 is 0 Å². The minimum atomic E-state index is -0.886. The number of aliphatic hydroxyl groups is 1. The molecule has 6 heteroatoms. The van der Waals surface area contributed by atoms with Gasteiger partial charge in [-0.05, 0) is 31.5 Å². The molecule has 22 heavy (non-hydrogen) atoms. The van der Waals surface area contributed by atoms with Gasteiger partial charge in [0.25, 0.3) is 0 Å². The van der Waals surface area contributed by atoms with E-state index < -0.39 is 17.7 Å². The summed E-state index contributed by atoms with van der Waals surface area (Å²) in [6, 6.07) is 5.28. The van der Waals surface area contributed by atoms with Gasteiger partial charge in [0.2, 0.25) is 5.91 Å². The van der Waals surface area contributed by atoms with Crippen LogP contribution in [0.2, 0.25) is 0 Å². The smallest absolute Gasteiger partial charge is 0.223 e. The molecule has 120 valence electrons. The maximum absolute atomic E-state index is 12.2. The number of nitrogens with zero attached hydrogens (tertiary/aromatic N) is 1. The lowest BCUT2D eigenvalue weighted by molar-refractivity contribution is -0.148. The lowest BCUT2D eigenvalue weighted by Gasteiger charge is -2.46. The zero-order chi connectivity index (χ0) is 15.9. The van der Waals surface area contributed by atoms with E-state index in [1.54, 1.807) is 12.0 Å². The van der Waals surface area contributed by atoms with Crippen LogP contribution in [0.1, 0.15) is 31.4 Å². The monoisotopic (exact) mass is 369 g/mol. The molecule has 1 fully saturated rings. The van der Waals surface area contributed by atoms with Gasteiger partial charge in [0.05, 0.1) is 12.6 Å². The van der Waals surface area contributed by atoms with Crippen LogP contribution in [0, 0.1) is 0 Å². The van der Waals surface area contributed by atoms with Gasteiger partial charge >= 0.3 is 0 Å². The number of methoxy groups -OCH3 is 1. The van der Waals surface area contributed by atoms with E-state index in [4.69, 9.17) is 9.47 Å². The molecule has 0 radical (unpaired) electrons. The Labute approximate surface area is 138 Å². The first-order chi connectivity index (χ1) is 10.5. The highest BCUT2D eigenvalue weighted by molar-refractivity contribution is 9.10. The van der Waals surface area contributed by atoms with Crippen LogP contribution in [0.5, 0.6) is 5.75 Å². The number of fused-ring (bicyclic) bond motifs is 1. The molecule has 1 amide bonds.